The summed E-state index contributed by atoms with van der Waals surface area (Å²) >= 11 is 0. The third kappa shape index (κ3) is 3.98. The van der Waals surface area contributed by atoms with E-state index in [0.29, 0.717) is 12.6 Å². The molecule has 0 fully saturated rings. The van der Waals surface area contributed by atoms with Gasteiger partial charge in [-0.25, -0.2) is 0 Å². The fourth-order valence-corrected chi connectivity index (χ4v) is 3.29. The minimum atomic E-state index is 0.128. The van der Waals surface area contributed by atoms with Crippen molar-refractivity contribution in [2.75, 3.05) is 27.2 Å². The van der Waals surface area contributed by atoms with Crippen molar-refractivity contribution in [3.8, 4) is 5.75 Å². The molecule has 1 N–H and O–H groups in total. The molecule has 1 atom stereocenters. The van der Waals surface area contributed by atoms with E-state index in [-0.39, 0.29) is 5.54 Å². The Morgan fingerprint density at radius 2 is 1.62 bits per heavy atom. The van der Waals surface area contributed by atoms with Crippen LogP contribution in [0.2, 0.25) is 0 Å². The van der Waals surface area contributed by atoms with Crippen molar-refractivity contribution in [2.45, 2.75) is 52.1 Å². The number of ether oxygens (including phenoxy) is 1. The first-order valence-corrected chi connectivity index (χ1v) is 8.19. The molecule has 3 nitrogen and oxygen atoms in total. The zero-order chi connectivity index (χ0) is 15.9. The van der Waals surface area contributed by atoms with Crippen LogP contribution in [0.4, 0.5) is 0 Å². The Morgan fingerprint density at radius 3 is 2.00 bits per heavy atom. The fraction of sp³-hybridized carbons (Fsp3) is 0.667. The van der Waals surface area contributed by atoms with Gasteiger partial charge in [0.25, 0.3) is 0 Å². The van der Waals surface area contributed by atoms with Crippen molar-refractivity contribution >= 4 is 0 Å². The lowest BCUT2D eigenvalue weighted by atomic mass is 9.79. The van der Waals surface area contributed by atoms with Crippen molar-refractivity contribution in [3.05, 3.63) is 29.8 Å². The summed E-state index contributed by atoms with van der Waals surface area (Å²) in [4.78, 5) is 2.37. The highest BCUT2D eigenvalue weighted by atomic mass is 16.5. The molecule has 1 unspecified atom stereocenters. The monoisotopic (exact) mass is 292 g/mol. The van der Waals surface area contributed by atoms with Crippen LogP contribution in [0.3, 0.4) is 0 Å². The van der Waals surface area contributed by atoms with Crippen molar-refractivity contribution in [1.29, 1.82) is 0 Å². The molecule has 1 aromatic carbocycles. The lowest BCUT2D eigenvalue weighted by Gasteiger charge is -2.45. The van der Waals surface area contributed by atoms with Crippen molar-refractivity contribution in [3.63, 3.8) is 0 Å². The van der Waals surface area contributed by atoms with Gasteiger partial charge in [0.05, 0.1) is 12.6 Å². The summed E-state index contributed by atoms with van der Waals surface area (Å²) in [6.45, 7) is 10.4. The molecule has 1 rings (SSSR count). The summed E-state index contributed by atoms with van der Waals surface area (Å²) in [5.41, 5.74) is 1.46. The topological polar surface area (TPSA) is 24.5 Å². The summed E-state index contributed by atoms with van der Waals surface area (Å²) in [6, 6.07) is 8.87. The van der Waals surface area contributed by atoms with E-state index in [9.17, 15) is 0 Å². The lowest BCUT2D eigenvalue weighted by Crippen LogP contribution is -2.53. The normalized spacial score (nSPS) is 13.5. The van der Waals surface area contributed by atoms with Crippen LogP contribution in [0.15, 0.2) is 24.3 Å². The summed E-state index contributed by atoms with van der Waals surface area (Å²) in [5, 5.41) is 3.69. The maximum Gasteiger partial charge on any atom is 0.119 e. The third-order valence-corrected chi connectivity index (χ3v) is 4.59. The highest BCUT2D eigenvalue weighted by Crippen LogP contribution is 2.36. The van der Waals surface area contributed by atoms with E-state index >= 15 is 0 Å². The van der Waals surface area contributed by atoms with Gasteiger partial charge in [-0.15, -0.1) is 0 Å². The van der Waals surface area contributed by atoms with Gasteiger partial charge in [0.2, 0.25) is 0 Å². The van der Waals surface area contributed by atoms with Crippen LogP contribution in [0, 0.1) is 0 Å². The maximum atomic E-state index is 5.56. The van der Waals surface area contributed by atoms with Gasteiger partial charge in [0.1, 0.15) is 5.75 Å². The van der Waals surface area contributed by atoms with Gasteiger partial charge < -0.3 is 15.0 Å². The van der Waals surface area contributed by atoms with Crippen LogP contribution in [0.25, 0.3) is 0 Å². The Hall–Kier alpha value is -1.06. The molecule has 0 amide bonds. The molecule has 3 heteroatoms. The SMILES string of the molecule is CCNC(c1ccc(OCC)cc1)C(CC)(CC)N(C)C. The molecular weight excluding hydrogens is 260 g/mol. The molecule has 0 heterocycles. The second-order valence-corrected chi connectivity index (χ2v) is 5.70. The Labute approximate surface area is 130 Å². The summed E-state index contributed by atoms with van der Waals surface area (Å²) < 4.78 is 5.56. The van der Waals surface area contributed by atoms with Gasteiger partial charge >= 0.3 is 0 Å². The number of benzene rings is 1. The average molecular weight is 292 g/mol. The number of nitrogens with zero attached hydrogens (tertiary/aromatic N) is 1. The van der Waals surface area contributed by atoms with Gasteiger partial charge in [-0.3, -0.25) is 0 Å². The van der Waals surface area contributed by atoms with Crippen LogP contribution < -0.4 is 10.1 Å². The third-order valence-electron chi connectivity index (χ3n) is 4.59. The first kappa shape index (κ1) is 18.0. The van der Waals surface area contributed by atoms with Gasteiger partial charge in [0.15, 0.2) is 0 Å². The van der Waals surface area contributed by atoms with Gasteiger partial charge in [-0.05, 0) is 58.1 Å². The minimum Gasteiger partial charge on any atom is -0.494 e. The summed E-state index contributed by atoms with van der Waals surface area (Å²) in [7, 11) is 4.37. The number of hydrogen-bond donors (Lipinski definition) is 1. The average Bonchev–Trinajstić information content (AvgIpc) is 2.49. The van der Waals surface area contributed by atoms with Crippen LogP contribution in [0.1, 0.15) is 52.1 Å². The Kier molecular flexibility index (Phi) is 7.20. The largest absolute Gasteiger partial charge is 0.494 e. The second-order valence-electron chi connectivity index (χ2n) is 5.70. The molecule has 0 aliphatic carbocycles. The predicted molar refractivity (Wildman–Crippen MR) is 91.0 cm³/mol. The number of likely N-dealkylation sites (N-methyl/N-ethyl adjacent to an activating group) is 2. The first-order chi connectivity index (χ1) is 10.1. The van der Waals surface area contributed by atoms with E-state index in [4.69, 9.17) is 4.74 Å². The number of nitrogens with one attached hydrogen (secondary N) is 1. The highest BCUT2D eigenvalue weighted by molar-refractivity contribution is 5.31. The lowest BCUT2D eigenvalue weighted by molar-refractivity contribution is 0.0888. The number of rotatable bonds is 9. The summed E-state index contributed by atoms with van der Waals surface area (Å²) in [6.07, 6.45) is 2.22. The quantitative estimate of drug-likeness (QED) is 0.748. The highest BCUT2D eigenvalue weighted by Gasteiger charge is 2.38. The van der Waals surface area contributed by atoms with E-state index < -0.39 is 0 Å². The standard InChI is InChI=1S/C18H32N2O/c1-7-18(8-2,20(5)6)17(19-9-3)15-11-13-16(14-12-15)21-10-4/h11-14,17,19H,7-10H2,1-6H3. The minimum absolute atomic E-state index is 0.128. The van der Waals surface area contributed by atoms with Crippen LogP contribution in [-0.2, 0) is 0 Å². The predicted octanol–water partition coefficient (Wildman–Crippen LogP) is 3.86. The molecule has 120 valence electrons. The van der Waals surface area contributed by atoms with Crippen LogP contribution in [0.5, 0.6) is 5.75 Å². The van der Waals surface area contributed by atoms with Gasteiger partial charge in [0, 0.05) is 5.54 Å². The Bertz CT molecular complexity index is 396. The molecule has 0 spiro atoms. The molecule has 0 bridgehead atoms. The van der Waals surface area contributed by atoms with E-state index in [1.54, 1.807) is 0 Å². The zero-order valence-electron chi connectivity index (χ0n) is 14.6. The Balaban J connectivity index is 3.14. The van der Waals surface area contributed by atoms with E-state index in [0.717, 1.165) is 25.1 Å². The van der Waals surface area contributed by atoms with E-state index in [1.807, 2.05) is 6.92 Å². The molecule has 0 saturated carbocycles. The first-order valence-electron chi connectivity index (χ1n) is 8.19. The van der Waals surface area contributed by atoms with Gasteiger partial charge in [-0.2, -0.15) is 0 Å². The van der Waals surface area contributed by atoms with Gasteiger partial charge in [-0.1, -0.05) is 32.9 Å². The molecule has 1 aromatic rings. The smallest absolute Gasteiger partial charge is 0.119 e. The van der Waals surface area contributed by atoms with Crippen molar-refractivity contribution < 1.29 is 4.74 Å². The van der Waals surface area contributed by atoms with Crippen LogP contribution in [-0.4, -0.2) is 37.7 Å². The second kappa shape index (κ2) is 8.40. The van der Waals surface area contributed by atoms with E-state index in [2.05, 4.69) is 69.3 Å². The van der Waals surface area contributed by atoms with Crippen molar-refractivity contribution in [1.82, 2.24) is 10.2 Å². The summed E-state index contributed by atoms with van der Waals surface area (Å²) in [5.74, 6) is 0.944. The molecule has 0 aromatic heterocycles. The zero-order valence-corrected chi connectivity index (χ0v) is 14.6. The molecule has 0 radical (unpaired) electrons. The molecule has 0 aliphatic heterocycles. The van der Waals surface area contributed by atoms with Crippen LogP contribution >= 0.6 is 0 Å². The number of hydrogen-bond acceptors (Lipinski definition) is 3. The fourth-order valence-electron chi connectivity index (χ4n) is 3.29. The molecule has 21 heavy (non-hydrogen) atoms. The molecule has 0 aliphatic rings. The van der Waals surface area contributed by atoms with Crippen molar-refractivity contribution in [2.24, 2.45) is 0 Å². The maximum absolute atomic E-state index is 5.56. The molecule has 0 saturated heterocycles. The van der Waals surface area contributed by atoms with E-state index in [1.165, 1.54) is 5.56 Å². The molecular formula is C18H32N2O. The Morgan fingerprint density at radius 1 is 1.05 bits per heavy atom.